The first-order valence-electron chi connectivity index (χ1n) is 12.1. The van der Waals surface area contributed by atoms with E-state index in [9.17, 15) is 23.1 Å². The highest BCUT2D eigenvalue weighted by Crippen LogP contribution is 2.42. The number of benzene rings is 1. The molecule has 1 unspecified atom stereocenters. The van der Waals surface area contributed by atoms with Crippen LogP contribution in [0.5, 0.6) is 0 Å². The maximum Gasteiger partial charge on any atom is 0.417 e. The standard InChI is InChI=1S/C27H33F3N2O3/c1-4-12-26(13-5-2)15-23(33)24(25(34)35-26)22(6-3)18-8-7-9-20(14-18)32-17-21-11-10-19(16-31-21)27(28,29)30/h7-11,14,16,22,32-33H,4-6,12-13,15,17H2,1-3H3. The van der Waals surface area contributed by atoms with E-state index in [4.69, 9.17) is 4.74 Å². The van der Waals surface area contributed by atoms with Crippen LogP contribution in [0.3, 0.4) is 0 Å². The number of hydrogen-bond donors (Lipinski definition) is 2. The van der Waals surface area contributed by atoms with Gasteiger partial charge in [0.2, 0.25) is 0 Å². The third-order valence-corrected chi connectivity index (χ3v) is 6.41. The third-order valence-electron chi connectivity index (χ3n) is 6.41. The number of alkyl halides is 3. The van der Waals surface area contributed by atoms with Gasteiger partial charge in [0.1, 0.15) is 11.4 Å². The largest absolute Gasteiger partial charge is 0.512 e. The van der Waals surface area contributed by atoms with Gasteiger partial charge >= 0.3 is 12.1 Å². The molecule has 0 saturated carbocycles. The van der Waals surface area contributed by atoms with Crippen LogP contribution in [0.25, 0.3) is 0 Å². The number of halogens is 3. The van der Waals surface area contributed by atoms with Gasteiger partial charge < -0.3 is 15.2 Å². The minimum Gasteiger partial charge on any atom is -0.512 e. The summed E-state index contributed by atoms with van der Waals surface area (Å²) in [5, 5.41) is 14.1. The predicted molar refractivity (Wildman–Crippen MR) is 129 cm³/mol. The molecule has 0 bridgehead atoms. The van der Waals surface area contributed by atoms with E-state index in [1.54, 1.807) is 0 Å². The number of nitrogens with zero attached hydrogens (tertiary/aromatic N) is 1. The minimum atomic E-state index is -4.42. The Hall–Kier alpha value is -3.03. The van der Waals surface area contributed by atoms with Crippen molar-refractivity contribution in [3.05, 3.63) is 70.7 Å². The number of hydrogen-bond acceptors (Lipinski definition) is 5. The number of ether oxygens (including phenoxy) is 1. The van der Waals surface area contributed by atoms with Gasteiger partial charge in [0.25, 0.3) is 0 Å². The summed E-state index contributed by atoms with van der Waals surface area (Å²) in [7, 11) is 0. The molecule has 0 spiro atoms. The summed E-state index contributed by atoms with van der Waals surface area (Å²) in [6.07, 6.45) is 0.438. The van der Waals surface area contributed by atoms with Crippen LogP contribution in [0.2, 0.25) is 0 Å². The summed E-state index contributed by atoms with van der Waals surface area (Å²) in [5.74, 6) is -0.702. The first kappa shape index (κ1) is 26.6. The van der Waals surface area contributed by atoms with Crippen molar-refractivity contribution in [1.82, 2.24) is 4.98 Å². The van der Waals surface area contributed by atoms with E-state index in [2.05, 4.69) is 10.3 Å². The van der Waals surface area contributed by atoms with E-state index in [1.807, 2.05) is 45.0 Å². The average Bonchev–Trinajstić information content (AvgIpc) is 2.80. The molecule has 35 heavy (non-hydrogen) atoms. The molecule has 190 valence electrons. The van der Waals surface area contributed by atoms with Gasteiger partial charge in [-0.3, -0.25) is 4.98 Å². The molecule has 2 aromatic rings. The van der Waals surface area contributed by atoms with Crippen molar-refractivity contribution in [3.63, 3.8) is 0 Å². The summed E-state index contributed by atoms with van der Waals surface area (Å²) < 4.78 is 44.2. The molecule has 5 nitrogen and oxygen atoms in total. The van der Waals surface area contributed by atoms with Crippen molar-refractivity contribution in [3.8, 4) is 0 Å². The number of aromatic nitrogens is 1. The number of anilines is 1. The van der Waals surface area contributed by atoms with E-state index in [1.165, 1.54) is 6.07 Å². The predicted octanol–water partition coefficient (Wildman–Crippen LogP) is 7.30. The fraction of sp³-hybridized carbons (Fsp3) is 0.481. The Morgan fingerprint density at radius 1 is 1.14 bits per heavy atom. The topological polar surface area (TPSA) is 71.5 Å². The van der Waals surface area contributed by atoms with E-state index in [0.717, 1.165) is 36.4 Å². The highest BCUT2D eigenvalue weighted by Gasteiger charge is 2.42. The van der Waals surface area contributed by atoms with Gasteiger partial charge in [0, 0.05) is 24.2 Å². The molecule has 1 aromatic heterocycles. The normalized spacial score (nSPS) is 16.7. The molecule has 0 fully saturated rings. The molecule has 0 radical (unpaired) electrons. The zero-order valence-corrected chi connectivity index (χ0v) is 20.4. The molecule has 0 aliphatic carbocycles. The SMILES string of the molecule is CCCC1(CCC)CC(O)=C(C(CC)c2cccc(NCc3ccc(C(F)(F)F)cn3)c2)C(=O)O1. The Morgan fingerprint density at radius 2 is 1.86 bits per heavy atom. The van der Waals surface area contributed by atoms with Crippen LogP contribution >= 0.6 is 0 Å². The van der Waals surface area contributed by atoms with Gasteiger partial charge in [-0.2, -0.15) is 13.2 Å². The van der Waals surface area contributed by atoms with Crippen LogP contribution in [0, 0.1) is 0 Å². The van der Waals surface area contributed by atoms with Gasteiger partial charge in [-0.1, -0.05) is 45.7 Å². The second kappa shape index (κ2) is 11.1. The number of aliphatic hydroxyl groups is 1. The fourth-order valence-electron chi connectivity index (χ4n) is 4.83. The molecule has 2 heterocycles. The van der Waals surface area contributed by atoms with Gasteiger partial charge in [0.05, 0.1) is 23.4 Å². The zero-order chi connectivity index (χ0) is 25.6. The van der Waals surface area contributed by atoms with Crippen molar-refractivity contribution >= 4 is 11.7 Å². The number of carbonyl (C=O) groups is 1. The van der Waals surface area contributed by atoms with E-state index < -0.39 is 23.3 Å². The molecular weight excluding hydrogens is 457 g/mol. The van der Waals surface area contributed by atoms with Crippen molar-refractivity contribution < 1.29 is 27.8 Å². The van der Waals surface area contributed by atoms with Crippen LogP contribution in [-0.4, -0.2) is 21.7 Å². The van der Waals surface area contributed by atoms with Crippen molar-refractivity contribution in [2.45, 2.75) is 83.5 Å². The average molecular weight is 491 g/mol. The highest BCUT2D eigenvalue weighted by molar-refractivity contribution is 5.92. The van der Waals surface area contributed by atoms with Crippen molar-refractivity contribution in [2.75, 3.05) is 5.32 Å². The number of cyclic esters (lactones) is 1. The second-order valence-corrected chi connectivity index (χ2v) is 9.09. The number of carbonyl (C=O) groups excluding carboxylic acids is 1. The summed E-state index contributed by atoms with van der Waals surface area (Å²) in [4.78, 5) is 17.0. The molecular formula is C27H33F3N2O3. The summed E-state index contributed by atoms with van der Waals surface area (Å²) in [6.45, 7) is 6.26. The van der Waals surface area contributed by atoms with Gasteiger partial charge in [0.15, 0.2) is 0 Å². The first-order chi connectivity index (χ1) is 16.6. The lowest BCUT2D eigenvalue weighted by Crippen LogP contribution is -2.41. The smallest absolute Gasteiger partial charge is 0.417 e. The quantitative estimate of drug-likeness (QED) is 0.342. The first-order valence-corrected chi connectivity index (χ1v) is 12.1. The maximum atomic E-state index is 13.1. The molecule has 1 aromatic carbocycles. The molecule has 1 aliphatic heterocycles. The molecule has 0 saturated heterocycles. The lowest BCUT2D eigenvalue weighted by molar-refractivity contribution is -0.161. The Morgan fingerprint density at radius 3 is 2.40 bits per heavy atom. The highest BCUT2D eigenvalue weighted by atomic mass is 19.4. The Kier molecular flexibility index (Phi) is 8.46. The number of rotatable bonds is 10. The second-order valence-electron chi connectivity index (χ2n) is 9.09. The molecule has 1 aliphatic rings. The zero-order valence-electron chi connectivity index (χ0n) is 20.4. The molecule has 1 atom stereocenters. The number of nitrogens with one attached hydrogen (secondary N) is 1. The summed E-state index contributed by atoms with van der Waals surface area (Å²) >= 11 is 0. The van der Waals surface area contributed by atoms with Gasteiger partial charge in [-0.25, -0.2) is 4.79 Å². The van der Waals surface area contributed by atoms with Crippen LogP contribution in [0.1, 0.15) is 82.0 Å². The lowest BCUT2D eigenvalue weighted by Gasteiger charge is -2.38. The van der Waals surface area contributed by atoms with Crippen LogP contribution in [-0.2, 0) is 22.3 Å². The third kappa shape index (κ3) is 6.35. The van der Waals surface area contributed by atoms with Gasteiger partial charge in [-0.05, 0) is 49.1 Å². The summed E-state index contributed by atoms with van der Waals surface area (Å²) in [6, 6.07) is 9.80. The number of pyridine rings is 1. The van der Waals surface area contributed by atoms with Crippen LogP contribution in [0.15, 0.2) is 53.9 Å². The number of aliphatic hydroxyl groups excluding tert-OH is 1. The maximum absolute atomic E-state index is 13.1. The fourth-order valence-corrected chi connectivity index (χ4v) is 4.83. The Bertz CT molecular complexity index is 1040. The Labute approximate surface area is 204 Å². The van der Waals surface area contributed by atoms with Gasteiger partial charge in [-0.15, -0.1) is 0 Å². The van der Waals surface area contributed by atoms with E-state index >= 15 is 0 Å². The summed E-state index contributed by atoms with van der Waals surface area (Å²) in [5.41, 5.74) is 0.910. The molecule has 2 N–H and O–H groups in total. The number of esters is 1. The molecule has 8 heteroatoms. The van der Waals surface area contributed by atoms with Crippen molar-refractivity contribution in [2.24, 2.45) is 0 Å². The van der Waals surface area contributed by atoms with Crippen LogP contribution in [0.4, 0.5) is 18.9 Å². The monoisotopic (exact) mass is 490 g/mol. The molecule has 0 amide bonds. The molecule has 3 rings (SSSR count). The van der Waals surface area contributed by atoms with Crippen molar-refractivity contribution in [1.29, 1.82) is 0 Å². The van der Waals surface area contributed by atoms with E-state index in [-0.39, 0.29) is 18.2 Å². The van der Waals surface area contributed by atoms with Crippen LogP contribution < -0.4 is 5.32 Å². The minimum absolute atomic E-state index is 0.0994. The lowest BCUT2D eigenvalue weighted by atomic mass is 9.80. The van der Waals surface area contributed by atoms with E-state index in [0.29, 0.717) is 37.0 Å². The Balaban J connectivity index is 1.78.